The molecule has 2 aromatic carbocycles. The van der Waals surface area contributed by atoms with E-state index < -0.39 is 14.8 Å². The zero-order chi connectivity index (χ0) is 27.9. The molecule has 0 aliphatic carbocycles. The highest BCUT2D eigenvalue weighted by molar-refractivity contribution is 7.94. The number of fused-ring (bicyclic) bond motifs is 1. The van der Waals surface area contributed by atoms with Gasteiger partial charge in [0.25, 0.3) is 0 Å². The predicted octanol–water partition coefficient (Wildman–Crippen LogP) is 6.16. The highest BCUT2D eigenvalue weighted by Gasteiger charge is 2.38. The summed E-state index contributed by atoms with van der Waals surface area (Å²) in [7, 11) is -1.35. The number of halogens is 1. The van der Waals surface area contributed by atoms with Crippen molar-refractivity contribution in [3.05, 3.63) is 82.3 Å². The zero-order valence-corrected chi connectivity index (χ0v) is 24.4. The number of hydrogen-bond donors (Lipinski definition) is 1. The van der Waals surface area contributed by atoms with Crippen molar-refractivity contribution in [3.8, 4) is 0 Å². The summed E-state index contributed by atoms with van der Waals surface area (Å²) in [4.78, 5) is 6.82. The Labute approximate surface area is 232 Å². The summed E-state index contributed by atoms with van der Waals surface area (Å²) in [5, 5.41) is 3.27. The van der Waals surface area contributed by atoms with Gasteiger partial charge in [-0.15, -0.1) is 0 Å². The number of hydrogen-bond acceptors (Lipinski definition) is 5. The van der Waals surface area contributed by atoms with Gasteiger partial charge in [0.15, 0.2) is 0 Å². The van der Waals surface area contributed by atoms with E-state index in [1.165, 1.54) is 0 Å². The van der Waals surface area contributed by atoms with Crippen LogP contribution >= 0.6 is 0 Å². The third-order valence-corrected chi connectivity index (χ3v) is 10.6. The number of rotatable bonds is 6. The fraction of sp³-hybridized carbons (Fsp3) is 0.452. The van der Waals surface area contributed by atoms with Gasteiger partial charge in [0, 0.05) is 18.4 Å². The van der Waals surface area contributed by atoms with Crippen LogP contribution in [-0.4, -0.2) is 49.7 Å². The number of pyridine rings is 1. The van der Waals surface area contributed by atoms with E-state index in [1.54, 1.807) is 31.1 Å². The molecule has 2 aliphatic heterocycles. The number of aromatic nitrogens is 1. The Balaban J connectivity index is 1.34. The van der Waals surface area contributed by atoms with Crippen molar-refractivity contribution in [1.29, 1.82) is 0 Å². The summed E-state index contributed by atoms with van der Waals surface area (Å²) in [5.74, 6) is 0.746. The van der Waals surface area contributed by atoms with Gasteiger partial charge in [0.05, 0.1) is 10.4 Å². The molecule has 0 atom stereocenters. The van der Waals surface area contributed by atoms with E-state index in [9.17, 15) is 8.42 Å². The molecule has 0 spiro atoms. The highest BCUT2D eigenvalue weighted by atomic mass is 32.2. The van der Waals surface area contributed by atoms with E-state index >= 15 is 4.39 Å². The first-order valence-electron chi connectivity index (χ1n) is 13.8. The molecule has 0 amide bonds. The monoisotopic (exact) mass is 550 g/mol. The predicted molar refractivity (Wildman–Crippen MR) is 157 cm³/mol. The molecule has 1 N–H and O–H groups in total. The van der Waals surface area contributed by atoms with Crippen LogP contribution in [0.15, 0.2) is 48.7 Å². The standard InChI is InChI=1S/C31H39FN4O2S/c1-21-20-33-30(34-26-8-9-27(28(32)19-26)23-10-13-35(5)14-11-23)18-25(21)16-22-6-7-24-12-15-36(29(24)17-22)39(37,38)31(2,3)4/h6-9,17-20,23H,10-16H2,1-5H3,(H,33,34). The van der Waals surface area contributed by atoms with Gasteiger partial charge in [0.2, 0.25) is 10.0 Å². The molecule has 0 bridgehead atoms. The van der Waals surface area contributed by atoms with E-state index in [2.05, 4.69) is 28.3 Å². The average molecular weight is 551 g/mol. The number of anilines is 3. The molecule has 1 fully saturated rings. The molecule has 2 aliphatic rings. The second-order valence-corrected chi connectivity index (χ2v) is 14.6. The van der Waals surface area contributed by atoms with Crippen molar-refractivity contribution in [2.75, 3.05) is 36.3 Å². The number of nitrogens with zero attached hydrogens (tertiary/aromatic N) is 3. The number of nitrogens with one attached hydrogen (secondary N) is 1. The van der Waals surface area contributed by atoms with Crippen LogP contribution in [0, 0.1) is 12.7 Å². The van der Waals surface area contributed by atoms with Crippen LogP contribution < -0.4 is 9.62 Å². The second-order valence-electron chi connectivity index (χ2n) is 12.0. The molecule has 208 valence electrons. The molecule has 5 rings (SSSR count). The summed E-state index contributed by atoms with van der Waals surface area (Å²) in [6, 6.07) is 13.5. The van der Waals surface area contributed by atoms with Crippen LogP contribution in [0.4, 0.5) is 21.6 Å². The van der Waals surface area contributed by atoms with Crippen molar-refractivity contribution < 1.29 is 12.8 Å². The summed E-state index contributed by atoms with van der Waals surface area (Å²) in [6.07, 6.45) is 5.14. The fourth-order valence-corrected chi connectivity index (χ4v) is 6.95. The molecule has 1 aromatic heterocycles. The van der Waals surface area contributed by atoms with Gasteiger partial charge < -0.3 is 10.2 Å². The maximum absolute atomic E-state index is 15.0. The molecule has 3 aromatic rings. The first-order chi connectivity index (χ1) is 18.4. The number of sulfonamides is 1. The molecule has 39 heavy (non-hydrogen) atoms. The summed E-state index contributed by atoms with van der Waals surface area (Å²) in [6.45, 7) is 9.72. The van der Waals surface area contributed by atoms with Gasteiger partial charge in [-0.3, -0.25) is 4.31 Å². The van der Waals surface area contributed by atoms with Crippen LogP contribution in [0.1, 0.15) is 67.3 Å². The highest BCUT2D eigenvalue weighted by Crippen LogP contribution is 2.36. The lowest BCUT2D eigenvalue weighted by Crippen LogP contribution is -2.42. The zero-order valence-electron chi connectivity index (χ0n) is 23.6. The van der Waals surface area contributed by atoms with E-state index in [0.717, 1.165) is 65.9 Å². The van der Waals surface area contributed by atoms with E-state index in [-0.39, 0.29) is 11.7 Å². The Morgan fingerprint density at radius 1 is 1.05 bits per heavy atom. The minimum atomic E-state index is -3.46. The second kappa shape index (κ2) is 10.5. The third-order valence-electron chi connectivity index (χ3n) is 8.11. The average Bonchev–Trinajstić information content (AvgIpc) is 3.30. The molecule has 0 unspecified atom stereocenters. The largest absolute Gasteiger partial charge is 0.340 e. The van der Waals surface area contributed by atoms with Crippen LogP contribution in [-0.2, 0) is 22.9 Å². The van der Waals surface area contributed by atoms with Crippen LogP contribution in [0.25, 0.3) is 0 Å². The first kappa shape index (κ1) is 27.6. The lowest BCUT2D eigenvalue weighted by Gasteiger charge is -2.29. The van der Waals surface area contributed by atoms with Crippen molar-refractivity contribution in [2.45, 2.75) is 64.0 Å². The molecule has 8 heteroatoms. The van der Waals surface area contributed by atoms with Gasteiger partial charge in [-0.1, -0.05) is 18.2 Å². The molecule has 6 nitrogen and oxygen atoms in total. The Kier molecular flexibility index (Phi) is 7.46. The van der Waals surface area contributed by atoms with Gasteiger partial charge >= 0.3 is 0 Å². The smallest absolute Gasteiger partial charge is 0.240 e. The number of likely N-dealkylation sites (tertiary alicyclic amines) is 1. The first-order valence-corrected chi connectivity index (χ1v) is 15.2. The Morgan fingerprint density at radius 3 is 2.49 bits per heavy atom. The molecular weight excluding hydrogens is 511 g/mol. The number of aryl methyl sites for hydroxylation is 1. The summed E-state index contributed by atoms with van der Waals surface area (Å²) in [5.41, 5.74) is 6.48. The van der Waals surface area contributed by atoms with E-state index in [4.69, 9.17) is 0 Å². The Bertz CT molecular complexity index is 1470. The number of benzene rings is 2. The van der Waals surface area contributed by atoms with Crippen molar-refractivity contribution in [2.24, 2.45) is 0 Å². The molecule has 1 saturated heterocycles. The number of piperidine rings is 1. The minimum absolute atomic E-state index is 0.171. The maximum atomic E-state index is 15.0. The Morgan fingerprint density at radius 2 is 1.79 bits per heavy atom. The molecule has 0 saturated carbocycles. The van der Waals surface area contributed by atoms with E-state index in [0.29, 0.717) is 24.5 Å². The van der Waals surface area contributed by atoms with Crippen molar-refractivity contribution in [1.82, 2.24) is 9.88 Å². The normalized spacial score (nSPS) is 16.9. The van der Waals surface area contributed by atoms with Gasteiger partial charge in [0.1, 0.15) is 11.6 Å². The molecule has 3 heterocycles. The van der Waals surface area contributed by atoms with Crippen molar-refractivity contribution >= 4 is 27.2 Å². The SMILES string of the molecule is Cc1cnc(Nc2ccc(C3CCN(C)CC3)c(F)c2)cc1Cc1ccc2c(c1)N(S(=O)(=O)C(C)(C)C)CC2. The third kappa shape index (κ3) is 5.68. The topological polar surface area (TPSA) is 65.5 Å². The molecule has 0 radical (unpaired) electrons. The Hall–Kier alpha value is -2.97. The summed E-state index contributed by atoms with van der Waals surface area (Å²) >= 11 is 0. The van der Waals surface area contributed by atoms with E-state index in [1.807, 2.05) is 43.5 Å². The fourth-order valence-electron chi connectivity index (χ4n) is 5.53. The molecular formula is C31H39FN4O2S. The van der Waals surface area contributed by atoms with Crippen LogP contribution in [0.3, 0.4) is 0 Å². The minimum Gasteiger partial charge on any atom is -0.340 e. The van der Waals surface area contributed by atoms with Gasteiger partial charge in [-0.05, 0) is 132 Å². The lowest BCUT2D eigenvalue weighted by molar-refractivity contribution is 0.253. The van der Waals surface area contributed by atoms with Crippen LogP contribution in [0.2, 0.25) is 0 Å². The quantitative estimate of drug-likeness (QED) is 0.398. The van der Waals surface area contributed by atoms with Crippen LogP contribution in [0.5, 0.6) is 0 Å². The lowest BCUT2D eigenvalue weighted by atomic mass is 9.89. The summed E-state index contributed by atoms with van der Waals surface area (Å²) < 4.78 is 42.1. The van der Waals surface area contributed by atoms with Gasteiger partial charge in [-0.25, -0.2) is 17.8 Å². The van der Waals surface area contributed by atoms with Crippen molar-refractivity contribution in [3.63, 3.8) is 0 Å². The maximum Gasteiger partial charge on any atom is 0.240 e. The van der Waals surface area contributed by atoms with Gasteiger partial charge in [-0.2, -0.15) is 0 Å².